The largest absolute Gasteiger partial charge is 0.350 e. The molecule has 0 fully saturated rings. The quantitative estimate of drug-likeness (QED) is 0.0511. The molecule has 47 heavy (non-hydrogen) atoms. The van der Waals surface area contributed by atoms with Crippen LogP contribution >= 0.6 is 0 Å². The minimum Gasteiger partial charge on any atom is -0.350 e. The highest BCUT2D eigenvalue weighted by atomic mass is 16.1. The first-order chi connectivity index (χ1) is 23.3. The second-order valence-electron chi connectivity index (χ2n) is 15.2. The van der Waals surface area contributed by atoms with Gasteiger partial charge < -0.3 is 5.32 Å². The van der Waals surface area contributed by atoms with Crippen molar-refractivity contribution in [2.75, 3.05) is 19.6 Å². The highest BCUT2D eigenvalue weighted by molar-refractivity contribution is 5.75. The summed E-state index contributed by atoms with van der Waals surface area (Å²) in [6.07, 6.45) is 50.9. The maximum Gasteiger partial charge on any atom is 0.220 e. The number of nitrogens with zero attached hydrogens (tertiary/aromatic N) is 1. The summed E-state index contributed by atoms with van der Waals surface area (Å²) < 4.78 is 2.43. The van der Waals surface area contributed by atoms with Gasteiger partial charge in [-0.25, -0.2) is 9.89 Å². The van der Waals surface area contributed by atoms with Crippen molar-refractivity contribution in [3.63, 3.8) is 0 Å². The molecular formula is C43H86N3O+. The molecule has 2 N–H and O–H groups in total. The van der Waals surface area contributed by atoms with Crippen molar-refractivity contribution in [3.05, 3.63) is 0 Å². The van der Waals surface area contributed by atoms with Crippen LogP contribution in [0.5, 0.6) is 0 Å². The summed E-state index contributed by atoms with van der Waals surface area (Å²) in [4.78, 5) is 12.3. The minimum absolute atomic E-state index is 0.243. The number of unbranched alkanes of at least 4 members (excludes halogenated alkanes) is 31. The first-order valence-corrected chi connectivity index (χ1v) is 21.9. The molecule has 1 unspecified atom stereocenters. The Labute approximate surface area is 295 Å². The number of rotatable bonds is 38. The van der Waals surface area contributed by atoms with E-state index in [9.17, 15) is 4.79 Å². The monoisotopic (exact) mass is 661 g/mol. The number of hydrogen-bond donors (Lipinski definition) is 2. The van der Waals surface area contributed by atoms with E-state index in [1.807, 2.05) is 0 Å². The van der Waals surface area contributed by atoms with E-state index >= 15 is 0 Å². The highest BCUT2D eigenvalue weighted by Gasteiger charge is 2.24. The topological polar surface area (TPSA) is 44.1 Å². The van der Waals surface area contributed by atoms with Crippen molar-refractivity contribution in [3.8, 4) is 0 Å². The lowest BCUT2D eigenvalue weighted by Gasteiger charge is -2.12. The molecule has 1 atom stereocenters. The lowest BCUT2D eigenvalue weighted by molar-refractivity contribution is -0.558. The third-order valence-electron chi connectivity index (χ3n) is 10.6. The van der Waals surface area contributed by atoms with Gasteiger partial charge in [-0.2, -0.15) is 0 Å². The van der Waals surface area contributed by atoms with Crippen molar-refractivity contribution in [2.24, 2.45) is 0 Å². The summed E-state index contributed by atoms with van der Waals surface area (Å²) >= 11 is 0. The molecule has 1 aliphatic heterocycles. The standard InChI is InChI=1S/C43H85N3O/c1-3-5-7-9-11-13-15-17-19-21-22-24-26-28-30-32-34-36-42-44-38-40-46(42)41-39-45-43(47)37-35-33-31-29-27-25-23-20-18-16-14-12-10-8-6-4-2/h40,42,44H,3-39,41H2,1-2H3/p+1. The average Bonchev–Trinajstić information content (AvgIpc) is 3.53. The Balaban J connectivity index is 1.82. The molecule has 0 spiro atoms. The van der Waals surface area contributed by atoms with Gasteiger partial charge in [-0.05, 0) is 12.8 Å². The van der Waals surface area contributed by atoms with Gasteiger partial charge >= 0.3 is 0 Å². The molecule has 0 bridgehead atoms. The molecule has 0 saturated carbocycles. The van der Waals surface area contributed by atoms with Crippen molar-refractivity contribution in [1.82, 2.24) is 10.6 Å². The van der Waals surface area contributed by atoms with Gasteiger partial charge in [0, 0.05) is 12.8 Å². The van der Waals surface area contributed by atoms with Crippen molar-refractivity contribution in [2.45, 2.75) is 245 Å². The number of hydrogen-bond acceptors (Lipinski definition) is 2. The minimum atomic E-state index is 0.243. The Hall–Kier alpha value is -0.900. The molecule has 278 valence electrons. The fraction of sp³-hybridized carbons (Fsp3) is 0.953. The van der Waals surface area contributed by atoms with Crippen LogP contribution in [0.1, 0.15) is 239 Å². The highest BCUT2D eigenvalue weighted by Crippen LogP contribution is 2.16. The van der Waals surface area contributed by atoms with E-state index < -0.39 is 0 Å². The molecule has 1 amide bonds. The SMILES string of the molecule is CCCCCCCCCCCCCCCCCCCC1NCC=[N+]1CCNC(=O)CCCCCCCCCCCCCCCCCC. The fourth-order valence-electron chi connectivity index (χ4n) is 7.37. The van der Waals surface area contributed by atoms with E-state index in [2.05, 4.69) is 35.3 Å². The molecule has 1 aliphatic rings. The van der Waals surface area contributed by atoms with Crippen LogP contribution in [0.3, 0.4) is 0 Å². The van der Waals surface area contributed by atoms with Crippen molar-refractivity contribution < 1.29 is 9.37 Å². The molecule has 0 aromatic heterocycles. The summed E-state index contributed by atoms with van der Waals surface area (Å²) in [7, 11) is 0. The third kappa shape index (κ3) is 30.9. The maximum atomic E-state index is 12.3. The van der Waals surface area contributed by atoms with Gasteiger partial charge in [-0.15, -0.1) is 0 Å². The van der Waals surface area contributed by atoms with Crippen LogP contribution in [0.25, 0.3) is 0 Å². The Morgan fingerprint density at radius 3 is 1.26 bits per heavy atom. The molecule has 0 aromatic carbocycles. The molecule has 4 nitrogen and oxygen atoms in total. The van der Waals surface area contributed by atoms with Crippen LogP contribution < -0.4 is 10.6 Å². The summed E-state index contributed by atoms with van der Waals surface area (Å²) in [6.45, 7) is 7.27. The van der Waals surface area contributed by atoms with Gasteiger partial charge in [0.25, 0.3) is 0 Å². The van der Waals surface area contributed by atoms with Gasteiger partial charge in [0.05, 0.1) is 13.1 Å². The van der Waals surface area contributed by atoms with Crippen LogP contribution in [0.4, 0.5) is 0 Å². The first kappa shape index (κ1) is 44.1. The van der Waals surface area contributed by atoms with Gasteiger partial charge in [0.1, 0.15) is 0 Å². The summed E-state index contributed by atoms with van der Waals surface area (Å²) in [5.41, 5.74) is 0. The second-order valence-corrected chi connectivity index (χ2v) is 15.2. The number of carbonyl (C=O) groups is 1. The van der Waals surface area contributed by atoms with Gasteiger partial charge in [0.15, 0.2) is 12.8 Å². The van der Waals surface area contributed by atoms with E-state index in [0.717, 1.165) is 26.1 Å². The summed E-state index contributed by atoms with van der Waals surface area (Å²) in [5.74, 6) is 0.243. The van der Waals surface area contributed by atoms with E-state index in [1.54, 1.807) is 0 Å². The van der Waals surface area contributed by atoms with Crippen LogP contribution in [-0.4, -0.2) is 42.5 Å². The zero-order valence-electron chi connectivity index (χ0n) is 32.4. The van der Waals surface area contributed by atoms with E-state index in [1.165, 1.54) is 212 Å². The van der Waals surface area contributed by atoms with Crippen LogP contribution in [-0.2, 0) is 4.79 Å². The van der Waals surface area contributed by atoms with Gasteiger partial charge in [0.2, 0.25) is 12.1 Å². The first-order valence-electron chi connectivity index (χ1n) is 21.9. The Morgan fingerprint density at radius 1 is 0.532 bits per heavy atom. The molecule has 0 saturated heterocycles. The lowest BCUT2D eigenvalue weighted by atomic mass is 10.0. The molecular weight excluding hydrogens is 574 g/mol. The van der Waals surface area contributed by atoms with Crippen molar-refractivity contribution >= 4 is 12.1 Å². The third-order valence-corrected chi connectivity index (χ3v) is 10.6. The van der Waals surface area contributed by atoms with Crippen molar-refractivity contribution in [1.29, 1.82) is 0 Å². The van der Waals surface area contributed by atoms with E-state index in [-0.39, 0.29) is 5.91 Å². The lowest BCUT2D eigenvalue weighted by Crippen LogP contribution is -2.37. The van der Waals surface area contributed by atoms with Gasteiger partial charge in [-0.3, -0.25) is 4.79 Å². The average molecular weight is 661 g/mol. The predicted octanol–water partition coefficient (Wildman–Crippen LogP) is 12.8. The summed E-state index contributed by atoms with van der Waals surface area (Å²) in [6, 6.07) is 0. The molecule has 0 aliphatic carbocycles. The Bertz CT molecular complexity index is 678. The Kier molecular flexibility index (Phi) is 34.2. The summed E-state index contributed by atoms with van der Waals surface area (Å²) in [5, 5.41) is 6.82. The predicted molar refractivity (Wildman–Crippen MR) is 209 cm³/mol. The zero-order chi connectivity index (χ0) is 33.7. The molecule has 0 aromatic rings. The Morgan fingerprint density at radius 2 is 0.872 bits per heavy atom. The second kappa shape index (κ2) is 36.4. The zero-order valence-corrected chi connectivity index (χ0v) is 32.4. The van der Waals surface area contributed by atoms with E-state index in [4.69, 9.17) is 0 Å². The fourth-order valence-corrected chi connectivity index (χ4v) is 7.37. The molecule has 1 heterocycles. The van der Waals surface area contributed by atoms with Crippen LogP contribution in [0, 0.1) is 0 Å². The van der Waals surface area contributed by atoms with Gasteiger partial charge in [-0.1, -0.05) is 213 Å². The molecule has 0 radical (unpaired) electrons. The number of nitrogens with one attached hydrogen (secondary N) is 2. The smallest absolute Gasteiger partial charge is 0.220 e. The normalized spacial score (nSPS) is 14.6. The maximum absolute atomic E-state index is 12.3. The number of amides is 1. The molecule has 4 heteroatoms. The molecule has 1 rings (SSSR count). The number of carbonyl (C=O) groups excluding carboxylic acids is 1. The van der Waals surface area contributed by atoms with E-state index in [0.29, 0.717) is 12.6 Å². The van der Waals surface area contributed by atoms with Crippen LogP contribution in [0.2, 0.25) is 0 Å². The van der Waals surface area contributed by atoms with Crippen LogP contribution in [0.15, 0.2) is 0 Å².